The maximum atomic E-state index is 12.2. The van der Waals surface area contributed by atoms with Crippen molar-refractivity contribution in [1.82, 2.24) is 0 Å². The summed E-state index contributed by atoms with van der Waals surface area (Å²) in [6.45, 7) is 4.76. The standard InChI is InChI=1S/C25H28O3/c1-22-6-3-14(26)11-19(22)24(9-10-24)13-16-17(22)4-7-23(2)21(16)15-12-18(15)25(23)8-5-20(27)28-25/h3-4,6-7,11,15-18,21H,5,8-10,12-13H2,1-2H3/t15-,16?,17?,18?,21?,22-,23+,25+/m1/s1. The Bertz CT molecular complexity index is 935. The second-order valence-corrected chi connectivity index (χ2v) is 11.3. The van der Waals surface area contributed by atoms with Gasteiger partial charge in [-0.15, -0.1) is 0 Å². The highest BCUT2D eigenvalue weighted by atomic mass is 16.6. The molecule has 0 aromatic heterocycles. The van der Waals surface area contributed by atoms with Crippen molar-refractivity contribution in [2.24, 2.45) is 45.8 Å². The van der Waals surface area contributed by atoms with Crippen molar-refractivity contribution in [3.63, 3.8) is 0 Å². The van der Waals surface area contributed by atoms with Gasteiger partial charge >= 0.3 is 5.97 Å². The smallest absolute Gasteiger partial charge is 0.306 e. The van der Waals surface area contributed by atoms with Crippen molar-refractivity contribution in [2.75, 3.05) is 0 Å². The predicted octanol–water partition coefficient (Wildman–Crippen LogP) is 4.39. The van der Waals surface area contributed by atoms with E-state index in [0.717, 1.165) is 6.42 Å². The van der Waals surface area contributed by atoms with Crippen LogP contribution in [0.15, 0.2) is 36.0 Å². The first-order valence-corrected chi connectivity index (χ1v) is 11.2. The number of hydrogen-bond donors (Lipinski definition) is 0. The van der Waals surface area contributed by atoms with E-state index in [4.69, 9.17) is 4.74 Å². The summed E-state index contributed by atoms with van der Waals surface area (Å²) in [5.74, 6) is 3.17. The van der Waals surface area contributed by atoms with Crippen LogP contribution >= 0.6 is 0 Å². The van der Waals surface area contributed by atoms with Gasteiger partial charge in [0, 0.05) is 23.2 Å². The minimum atomic E-state index is -0.243. The van der Waals surface area contributed by atoms with E-state index in [-0.39, 0.29) is 33.6 Å². The van der Waals surface area contributed by atoms with E-state index < -0.39 is 0 Å². The first kappa shape index (κ1) is 16.2. The number of hydrogen-bond acceptors (Lipinski definition) is 3. The summed E-state index contributed by atoms with van der Waals surface area (Å²) in [6, 6.07) is 0. The Morgan fingerprint density at radius 3 is 2.61 bits per heavy atom. The SMILES string of the molecule is C[C@]12C=CC(=O)C=C1C1(CC1)CC1C2C=C[C@@]2(C)C1[C@@H]1CC1[C@@]21CCC(=O)O1. The average molecular weight is 376 g/mol. The minimum Gasteiger partial charge on any atom is -0.458 e. The molecule has 8 atom stereocenters. The molecule has 3 heteroatoms. The fourth-order valence-corrected chi connectivity index (χ4v) is 8.98. The largest absolute Gasteiger partial charge is 0.458 e. The lowest BCUT2D eigenvalue weighted by Gasteiger charge is -2.58. The lowest BCUT2D eigenvalue weighted by atomic mass is 9.46. The van der Waals surface area contributed by atoms with Gasteiger partial charge in [-0.05, 0) is 78.9 Å². The Hall–Kier alpha value is -1.64. The van der Waals surface area contributed by atoms with Crippen molar-refractivity contribution in [3.8, 4) is 0 Å². The molecule has 2 spiro atoms. The van der Waals surface area contributed by atoms with Crippen molar-refractivity contribution >= 4 is 11.8 Å². The molecular weight excluding hydrogens is 348 g/mol. The molecule has 0 N–H and O–H groups in total. The molecule has 1 heterocycles. The van der Waals surface area contributed by atoms with E-state index >= 15 is 0 Å². The van der Waals surface area contributed by atoms with Crippen LogP contribution in [0.25, 0.3) is 0 Å². The molecule has 1 saturated heterocycles. The third-order valence-corrected chi connectivity index (χ3v) is 10.3. The zero-order valence-corrected chi connectivity index (χ0v) is 16.7. The molecule has 4 unspecified atom stereocenters. The third-order valence-electron chi connectivity index (χ3n) is 10.3. The quantitative estimate of drug-likeness (QED) is 0.465. The lowest BCUT2D eigenvalue weighted by Crippen LogP contribution is -2.55. The fraction of sp³-hybridized carbons (Fsp3) is 0.680. The maximum Gasteiger partial charge on any atom is 0.306 e. The Morgan fingerprint density at radius 2 is 1.89 bits per heavy atom. The average Bonchev–Trinajstić information content (AvgIpc) is 3.55. The molecule has 6 aliphatic carbocycles. The van der Waals surface area contributed by atoms with Gasteiger partial charge in [-0.1, -0.05) is 32.1 Å². The van der Waals surface area contributed by atoms with Gasteiger partial charge < -0.3 is 4.74 Å². The van der Waals surface area contributed by atoms with Gasteiger partial charge in [-0.3, -0.25) is 9.59 Å². The summed E-state index contributed by atoms with van der Waals surface area (Å²) in [4.78, 5) is 24.4. The highest BCUT2D eigenvalue weighted by molar-refractivity contribution is 6.01. The van der Waals surface area contributed by atoms with E-state index in [2.05, 4.69) is 32.1 Å². The molecule has 3 nitrogen and oxygen atoms in total. The van der Waals surface area contributed by atoms with E-state index in [1.807, 2.05) is 6.08 Å². The van der Waals surface area contributed by atoms with Crippen LogP contribution in [0.1, 0.15) is 52.4 Å². The van der Waals surface area contributed by atoms with E-state index in [1.165, 1.54) is 31.3 Å². The Labute approximate surface area is 166 Å². The lowest BCUT2D eigenvalue weighted by molar-refractivity contribution is -0.162. The number of esters is 1. The topological polar surface area (TPSA) is 43.4 Å². The van der Waals surface area contributed by atoms with Crippen LogP contribution in [0.3, 0.4) is 0 Å². The van der Waals surface area contributed by atoms with Gasteiger partial charge in [0.15, 0.2) is 5.78 Å². The highest BCUT2D eigenvalue weighted by Crippen LogP contribution is 2.80. The molecule has 5 fully saturated rings. The zero-order valence-electron chi connectivity index (χ0n) is 16.7. The molecule has 7 aliphatic rings. The van der Waals surface area contributed by atoms with E-state index in [1.54, 1.807) is 6.08 Å². The number of ketones is 1. The first-order chi connectivity index (χ1) is 13.3. The van der Waals surface area contributed by atoms with Crippen molar-refractivity contribution in [1.29, 1.82) is 0 Å². The zero-order chi connectivity index (χ0) is 19.1. The van der Waals surface area contributed by atoms with Gasteiger partial charge in [0.05, 0.1) is 0 Å². The van der Waals surface area contributed by atoms with Crippen LogP contribution in [0.5, 0.6) is 0 Å². The highest BCUT2D eigenvalue weighted by Gasteiger charge is 2.79. The van der Waals surface area contributed by atoms with Gasteiger partial charge in [0.1, 0.15) is 5.60 Å². The molecule has 0 amide bonds. The van der Waals surface area contributed by atoms with Gasteiger partial charge in [-0.2, -0.15) is 0 Å². The Kier molecular flexibility index (Phi) is 2.55. The maximum absolute atomic E-state index is 12.2. The number of rotatable bonds is 0. The predicted molar refractivity (Wildman–Crippen MR) is 104 cm³/mol. The molecule has 0 aromatic rings. The summed E-state index contributed by atoms with van der Waals surface area (Å²) in [5.41, 5.74) is 1.38. The normalized spacial score (nSPS) is 56.1. The van der Waals surface area contributed by atoms with Crippen LogP contribution in [0, 0.1) is 45.8 Å². The molecule has 0 bridgehead atoms. The summed E-state index contributed by atoms with van der Waals surface area (Å²) in [6.07, 6.45) is 17.3. The number of fused-ring (bicyclic) bond motifs is 10. The molecule has 1 aliphatic heterocycles. The fourth-order valence-electron chi connectivity index (χ4n) is 8.98. The number of carbonyl (C=O) groups is 2. The molecule has 7 rings (SSSR count). The van der Waals surface area contributed by atoms with Crippen LogP contribution in [-0.4, -0.2) is 17.4 Å². The van der Waals surface area contributed by atoms with Crippen LogP contribution < -0.4 is 0 Å². The minimum absolute atomic E-state index is 0.0104. The van der Waals surface area contributed by atoms with E-state index in [0.29, 0.717) is 36.0 Å². The molecule has 0 aromatic carbocycles. The second-order valence-electron chi connectivity index (χ2n) is 11.3. The Balaban J connectivity index is 1.39. The van der Waals surface area contributed by atoms with Crippen molar-refractivity contribution in [3.05, 3.63) is 36.0 Å². The molecule has 4 saturated carbocycles. The molecular formula is C25H28O3. The summed E-state index contributed by atoms with van der Waals surface area (Å²) < 4.78 is 6.17. The van der Waals surface area contributed by atoms with Crippen LogP contribution in [0.2, 0.25) is 0 Å². The second kappa shape index (κ2) is 4.42. The number of carbonyl (C=O) groups excluding carboxylic acids is 2. The third kappa shape index (κ3) is 1.56. The van der Waals surface area contributed by atoms with E-state index in [9.17, 15) is 9.59 Å². The van der Waals surface area contributed by atoms with Gasteiger partial charge in [0.25, 0.3) is 0 Å². The molecule has 28 heavy (non-hydrogen) atoms. The monoisotopic (exact) mass is 376 g/mol. The Morgan fingerprint density at radius 1 is 1.07 bits per heavy atom. The summed E-state index contributed by atoms with van der Waals surface area (Å²) in [5, 5.41) is 0. The summed E-state index contributed by atoms with van der Waals surface area (Å²) in [7, 11) is 0. The van der Waals surface area contributed by atoms with Gasteiger partial charge in [0.2, 0.25) is 0 Å². The number of ether oxygens (including phenoxy) is 1. The van der Waals surface area contributed by atoms with Crippen molar-refractivity contribution in [2.45, 2.75) is 58.0 Å². The van der Waals surface area contributed by atoms with Crippen LogP contribution in [-0.2, 0) is 14.3 Å². The number of allylic oxidation sites excluding steroid dienone is 5. The van der Waals surface area contributed by atoms with Crippen LogP contribution in [0.4, 0.5) is 0 Å². The summed E-state index contributed by atoms with van der Waals surface area (Å²) >= 11 is 0. The molecule has 0 radical (unpaired) electrons. The van der Waals surface area contributed by atoms with Crippen molar-refractivity contribution < 1.29 is 14.3 Å². The van der Waals surface area contributed by atoms with Gasteiger partial charge in [-0.25, -0.2) is 0 Å². The first-order valence-electron chi connectivity index (χ1n) is 11.2. The molecule has 146 valence electrons.